The average Bonchev–Trinajstić information content (AvgIpc) is 3.09. The highest BCUT2D eigenvalue weighted by molar-refractivity contribution is 7.17. The van der Waals surface area contributed by atoms with Crippen LogP contribution in [0.15, 0.2) is 40.8 Å². The van der Waals surface area contributed by atoms with Gasteiger partial charge in [0.15, 0.2) is 6.10 Å². The standard InChI is InChI=1S/C20H21N3O4S/c1-4-21-18(25)13(3)27-16(24)9-23-11-22-19-17(20(23)26)15(10-28-19)14-7-5-12(2)6-8-14/h5-8,10-11,13H,4,9H2,1-3H3,(H,21,25)/t13-/m0/s1. The molecule has 0 unspecified atom stereocenters. The van der Waals surface area contributed by atoms with Crippen LogP contribution in [0.4, 0.5) is 0 Å². The van der Waals surface area contributed by atoms with Crippen LogP contribution in [0.1, 0.15) is 19.4 Å². The van der Waals surface area contributed by atoms with E-state index >= 15 is 0 Å². The molecule has 1 atom stereocenters. The summed E-state index contributed by atoms with van der Waals surface area (Å²) in [5, 5.41) is 4.95. The van der Waals surface area contributed by atoms with E-state index in [0.717, 1.165) is 16.7 Å². The van der Waals surface area contributed by atoms with E-state index in [4.69, 9.17) is 4.74 Å². The molecule has 1 aromatic carbocycles. The van der Waals surface area contributed by atoms with E-state index in [1.165, 1.54) is 29.2 Å². The van der Waals surface area contributed by atoms with E-state index in [0.29, 0.717) is 16.8 Å². The minimum Gasteiger partial charge on any atom is -0.451 e. The Morgan fingerprint density at radius 1 is 1.29 bits per heavy atom. The summed E-state index contributed by atoms with van der Waals surface area (Å²) in [4.78, 5) is 41.7. The van der Waals surface area contributed by atoms with Gasteiger partial charge in [0, 0.05) is 17.5 Å². The summed E-state index contributed by atoms with van der Waals surface area (Å²) in [5.41, 5.74) is 2.52. The van der Waals surface area contributed by atoms with E-state index in [2.05, 4.69) is 10.3 Å². The molecule has 0 bridgehead atoms. The van der Waals surface area contributed by atoms with Crippen molar-refractivity contribution < 1.29 is 14.3 Å². The monoisotopic (exact) mass is 399 g/mol. The molecule has 3 rings (SSSR count). The topological polar surface area (TPSA) is 90.3 Å². The number of hydrogen-bond donors (Lipinski definition) is 1. The zero-order chi connectivity index (χ0) is 20.3. The summed E-state index contributed by atoms with van der Waals surface area (Å²) in [6.45, 7) is 5.40. The van der Waals surface area contributed by atoms with Crippen molar-refractivity contribution in [3.8, 4) is 11.1 Å². The molecule has 0 aliphatic carbocycles. The zero-order valence-corrected chi connectivity index (χ0v) is 16.7. The number of amides is 1. The lowest BCUT2D eigenvalue weighted by Gasteiger charge is -2.13. The molecule has 8 heteroatoms. The van der Waals surface area contributed by atoms with Gasteiger partial charge in [-0.2, -0.15) is 0 Å². The van der Waals surface area contributed by atoms with Crippen LogP contribution in [0, 0.1) is 6.92 Å². The van der Waals surface area contributed by atoms with Gasteiger partial charge in [-0.25, -0.2) is 4.98 Å². The maximum atomic E-state index is 13.0. The maximum Gasteiger partial charge on any atom is 0.326 e. The van der Waals surface area contributed by atoms with Crippen LogP contribution in [0.5, 0.6) is 0 Å². The lowest BCUT2D eigenvalue weighted by Crippen LogP contribution is -2.37. The minimum absolute atomic E-state index is 0.311. The highest BCUT2D eigenvalue weighted by atomic mass is 32.1. The van der Waals surface area contributed by atoms with Crippen LogP contribution in [0.3, 0.4) is 0 Å². The second-order valence-electron chi connectivity index (χ2n) is 6.40. The van der Waals surface area contributed by atoms with Crippen LogP contribution in [0.25, 0.3) is 21.3 Å². The molecule has 2 aromatic heterocycles. The summed E-state index contributed by atoms with van der Waals surface area (Å²) in [7, 11) is 0. The van der Waals surface area contributed by atoms with Gasteiger partial charge in [-0.05, 0) is 26.3 Å². The second kappa shape index (κ2) is 8.35. The number of carbonyl (C=O) groups is 2. The number of nitrogens with one attached hydrogen (secondary N) is 1. The van der Waals surface area contributed by atoms with Crippen molar-refractivity contribution in [1.82, 2.24) is 14.9 Å². The van der Waals surface area contributed by atoms with Gasteiger partial charge in [0.05, 0.1) is 11.7 Å². The maximum absolute atomic E-state index is 13.0. The molecule has 0 saturated heterocycles. The van der Waals surface area contributed by atoms with E-state index in [-0.39, 0.29) is 18.0 Å². The first-order valence-corrected chi connectivity index (χ1v) is 9.79. The molecule has 3 aromatic rings. The number of esters is 1. The van der Waals surface area contributed by atoms with Gasteiger partial charge in [-0.15, -0.1) is 11.3 Å². The van der Waals surface area contributed by atoms with Gasteiger partial charge in [0.1, 0.15) is 11.4 Å². The number of thiophene rings is 1. The molecule has 2 heterocycles. The van der Waals surface area contributed by atoms with Crippen LogP contribution in [-0.2, 0) is 20.9 Å². The number of aromatic nitrogens is 2. The van der Waals surface area contributed by atoms with Crippen molar-refractivity contribution in [2.75, 3.05) is 6.54 Å². The van der Waals surface area contributed by atoms with Crippen LogP contribution >= 0.6 is 11.3 Å². The zero-order valence-electron chi connectivity index (χ0n) is 15.9. The van der Waals surface area contributed by atoms with Crippen molar-refractivity contribution in [3.05, 3.63) is 51.9 Å². The lowest BCUT2D eigenvalue weighted by atomic mass is 10.1. The summed E-state index contributed by atoms with van der Waals surface area (Å²) < 4.78 is 6.32. The second-order valence-corrected chi connectivity index (χ2v) is 7.26. The fraction of sp³-hybridized carbons (Fsp3) is 0.300. The predicted octanol–water partition coefficient (Wildman–Crippen LogP) is 2.50. The third-order valence-electron chi connectivity index (χ3n) is 4.25. The number of fused-ring (bicyclic) bond motifs is 1. The van der Waals surface area contributed by atoms with E-state index in [9.17, 15) is 14.4 Å². The number of likely N-dealkylation sites (N-methyl/N-ethyl adjacent to an activating group) is 1. The van der Waals surface area contributed by atoms with Crippen molar-refractivity contribution in [3.63, 3.8) is 0 Å². The highest BCUT2D eigenvalue weighted by Gasteiger charge is 2.19. The van der Waals surface area contributed by atoms with Crippen molar-refractivity contribution in [2.24, 2.45) is 0 Å². The Morgan fingerprint density at radius 2 is 2.00 bits per heavy atom. The summed E-state index contributed by atoms with van der Waals surface area (Å²) >= 11 is 1.38. The molecule has 1 amide bonds. The quantitative estimate of drug-likeness (QED) is 0.643. The Hall–Kier alpha value is -3.00. The fourth-order valence-electron chi connectivity index (χ4n) is 2.77. The normalized spacial score (nSPS) is 12.0. The van der Waals surface area contributed by atoms with Gasteiger partial charge in [0.2, 0.25) is 0 Å². The van der Waals surface area contributed by atoms with Gasteiger partial charge in [-0.1, -0.05) is 29.8 Å². The number of carbonyl (C=O) groups excluding carboxylic acids is 2. The number of ether oxygens (including phenoxy) is 1. The van der Waals surface area contributed by atoms with Crippen LogP contribution in [0.2, 0.25) is 0 Å². The largest absolute Gasteiger partial charge is 0.451 e. The van der Waals surface area contributed by atoms with E-state index < -0.39 is 12.1 Å². The molecule has 0 radical (unpaired) electrons. The Bertz CT molecular complexity index is 1070. The summed E-state index contributed by atoms with van der Waals surface area (Å²) in [5.74, 6) is -1.05. The van der Waals surface area contributed by atoms with Crippen LogP contribution in [-0.4, -0.2) is 34.1 Å². The lowest BCUT2D eigenvalue weighted by molar-refractivity contribution is -0.155. The molecule has 1 N–H and O–H groups in total. The first kappa shape index (κ1) is 19.8. The van der Waals surface area contributed by atoms with Gasteiger partial charge >= 0.3 is 5.97 Å². The SMILES string of the molecule is CCNC(=O)[C@H](C)OC(=O)Cn1cnc2scc(-c3ccc(C)cc3)c2c1=O. The molecule has 7 nitrogen and oxygen atoms in total. The first-order chi connectivity index (χ1) is 13.4. The number of nitrogens with zero attached hydrogens (tertiary/aromatic N) is 2. The fourth-order valence-corrected chi connectivity index (χ4v) is 3.68. The Balaban J connectivity index is 1.87. The molecule has 0 aliphatic heterocycles. The molecule has 0 aliphatic rings. The number of hydrogen-bond acceptors (Lipinski definition) is 6. The molecule has 0 saturated carbocycles. The predicted molar refractivity (Wildman–Crippen MR) is 108 cm³/mol. The molecule has 28 heavy (non-hydrogen) atoms. The number of rotatable bonds is 6. The van der Waals surface area contributed by atoms with Gasteiger partial charge in [-0.3, -0.25) is 19.0 Å². The Labute approximate surface area is 166 Å². The third-order valence-corrected chi connectivity index (χ3v) is 5.14. The van der Waals surface area contributed by atoms with E-state index in [1.54, 1.807) is 6.92 Å². The van der Waals surface area contributed by atoms with Gasteiger partial charge < -0.3 is 10.1 Å². The Kier molecular flexibility index (Phi) is 5.89. The molecule has 0 fully saturated rings. The average molecular weight is 399 g/mol. The molecular weight excluding hydrogens is 378 g/mol. The highest BCUT2D eigenvalue weighted by Crippen LogP contribution is 2.30. The molecule has 146 valence electrons. The first-order valence-electron chi connectivity index (χ1n) is 8.91. The smallest absolute Gasteiger partial charge is 0.326 e. The summed E-state index contributed by atoms with van der Waals surface area (Å²) in [6, 6.07) is 7.87. The van der Waals surface area contributed by atoms with Crippen LogP contribution < -0.4 is 10.9 Å². The van der Waals surface area contributed by atoms with E-state index in [1.807, 2.05) is 36.6 Å². The Morgan fingerprint density at radius 3 is 2.68 bits per heavy atom. The minimum atomic E-state index is -0.927. The van der Waals surface area contributed by atoms with Crippen molar-refractivity contribution in [2.45, 2.75) is 33.4 Å². The molecular formula is C20H21N3O4S. The molecule has 0 spiro atoms. The number of aryl methyl sites for hydroxylation is 1. The number of benzene rings is 1. The summed E-state index contributed by atoms with van der Waals surface area (Å²) in [6.07, 6.45) is 0.405. The third kappa shape index (κ3) is 4.12. The van der Waals surface area contributed by atoms with Crippen molar-refractivity contribution in [1.29, 1.82) is 0 Å². The van der Waals surface area contributed by atoms with Gasteiger partial charge in [0.25, 0.3) is 11.5 Å². The van der Waals surface area contributed by atoms with Crippen molar-refractivity contribution >= 4 is 33.4 Å².